The number of hydrogen-bond acceptors (Lipinski definition) is 1. The highest BCUT2D eigenvalue weighted by Gasteiger charge is 2.55. The summed E-state index contributed by atoms with van der Waals surface area (Å²) < 4.78 is 5.03. The van der Waals surface area contributed by atoms with Crippen molar-refractivity contribution in [1.29, 1.82) is 0 Å². The maximum absolute atomic E-state index is 5.03. The van der Waals surface area contributed by atoms with Gasteiger partial charge in [0.2, 0.25) is 0 Å². The van der Waals surface area contributed by atoms with E-state index in [0.29, 0.717) is 0 Å². The molecular weight excluding hydrogens is 148 g/mol. The summed E-state index contributed by atoms with van der Waals surface area (Å²) in [5.41, 5.74) is 1.46. The smallest absolute Gasteiger partial charge is 0.0816 e. The summed E-state index contributed by atoms with van der Waals surface area (Å²) in [4.78, 5) is 0. The fourth-order valence-corrected chi connectivity index (χ4v) is 3.05. The maximum Gasteiger partial charge on any atom is 0.0816 e. The Morgan fingerprint density at radius 3 is 2.42 bits per heavy atom. The molecule has 2 saturated carbocycles. The summed E-state index contributed by atoms with van der Waals surface area (Å²) in [6.07, 6.45) is 4.82. The Kier molecular flexibility index (Phi) is 1.90. The largest absolute Gasteiger partial charge is 0.504 e. The molecule has 4 atom stereocenters. The van der Waals surface area contributed by atoms with Crippen LogP contribution in [0.3, 0.4) is 0 Å². The summed E-state index contributed by atoms with van der Waals surface area (Å²) in [6, 6.07) is 0. The van der Waals surface area contributed by atoms with E-state index in [-0.39, 0.29) is 0 Å². The quantitative estimate of drug-likeness (QED) is 0.573. The van der Waals surface area contributed by atoms with Gasteiger partial charge in [-0.2, -0.15) is 0 Å². The highest BCUT2D eigenvalue weighted by molar-refractivity contribution is 5.18. The van der Waals surface area contributed by atoms with Crippen molar-refractivity contribution in [3.8, 4) is 0 Å². The second-order valence-electron chi connectivity index (χ2n) is 4.53. The predicted molar refractivity (Wildman–Crippen MR) is 49.6 cm³/mol. The molecule has 1 heteroatoms. The van der Waals surface area contributed by atoms with Gasteiger partial charge in [-0.05, 0) is 49.0 Å². The molecule has 2 unspecified atom stereocenters. The molecule has 0 aromatic heterocycles. The second-order valence-corrected chi connectivity index (χ2v) is 4.53. The molecule has 2 aliphatic rings. The summed E-state index contributed by atoms with van der Waals surface area (Å²) in [5.74, 6) is 3.87. The Labute approximate surface area is 74.8 Å². The molecule has 1 nitrogen and oxygen atoms in total. The van der Waals surface area contributed by atoms with Gasteiger partial charge in [0, 0.05) is 0 Å². The summed E-state index contributed by atoms with van der Waals surface area (Å²) in [5, 5.41) is 0. The Morgan fingerprint density at radius 1 is 1.33 bits per heavy atom. The zero-order valence-corrected chi connectivity index (χ0v) is 8.21. The average Bonchev–Trinajstić information content (AvgIpc) is 2.51. The first-order valence-electron chi connectivity index (χ1n) is 4.93. The predicted octanol–water partition coefficient (Wildman–Crippen LogP) is 2.83. The molecular formula is C11H18O. The number of rotatable bonds is 2. The molecule has 0 amide bonds. The van der Waals surface area contributed by atoms with Gasteiger partial charge in [-0.25, -0.2) is 0 Å². The van der Waals surface area contributed by atoms with E-state index in [2.05, 4.69) is 13.8 Å². The number of allylic oxidation sites excluding steroid dienone is 1. The van der Waals surface area contributed by atoms with E-state index in [1.54, 1.807) is 7.11 Å². The lowest BCUT2D eigenvalue weighted by atomic mass is 9.99. The molecule has 2 aliphatic carbocycles. The standard InChI is InChI=1S/C11H18O/c1-7-4-9-10(5-7)11(9)8(2)6-12-3/h6-7,9-11H,4-5H2,1-3H3/b8-6+/t7?,9-,10+,11?. The van der Waals surface area contributed by atoms with Gasteiger partial charge in [0.15, 0.2) is 0 Å². The fraction of sp³-hybridized carbons (Fsp3) is 0.818. The van der Waals surface area contributed by atoms with Crippen LogP contribution in [-0.4, -0.2) is 7.11 Å². The molecule has 0 saturated heterocycles. The Hall–Kier alpha value is -0.460. The average molecular weight is 166 g/mol. The molecule has 0 aromatic carbocycles. The van der Waals surface area contributed by atoms with Crippen LogP contribution in [0, 0.1) is 23.7 Å². The van der Waals surface area contributed by atoms with Crippen molar-refractivity contribution in [1.82, 2.24) is 0 Å². The first kappa shape index (κ1) is 8.15. The van der Waals surface area contributed by atoms with Gasteiger partial charge in [0.25, 0.3) is 0 Å². The first-order chi connectivity index (χ1) is 5.74. The molecule has 68 valence electrons. The molecule has 0 bridgehead atoms. The van der Waals surface area contributed by atoms with Crippen LogP contribution in [0.1, 0.15) is 26.7 Å². The number of hydrogen-bond donors (Lipinski definition) is 0. The lowest BCUT2D eigenvalue weighted by Gasteiger charge is -2.08. The van der Waals surface area contributed by atoms with Crippen LogP contribution in [-0.2, 0) is 4.74 Å². The maximum atomic E-state index is 5.03. The Morgan fingerprint density at radius 2 is 1.92 bits per heavy atom. The van der Waals surface area contributed by atoms with E-state index in [1.807, 2.05) is 6.26 Å². The van der Waals surface area contributed by atoms with Crippen molar-refractivity contribution < 1.29 is 4.74 Å². The van der Waals surface area contributed by atoms with E-state index in [9.17, 15) is 0 Å². The van der Waals surface area contributed by atoms with Crippen LogP contribution in [0.25, 0.3) is 0 Å². The van der Waals surface area contributed by atoms with Crippen molar-refractivity contribution in [2.75, 3.05) is 7.11 Å². The molecule has 0 N–H and O–H groups in total. The van der Waals surface area contributed by atoms with E-state index < -0.39 is 0 Å². The van der Waals surface area contributed by atoms with E-state index >= 15 is 0 Å². The van der Waals surface area contributed by atoms with Crippen molar-refractivity contribution >= 4 is 0 Å². The lowest BCUT2D eigenvalue weighted by Crippen LogP contribution is -1.97. The van der Waals surface area contributed by atoms with Crippen LogP contribution in [0.4, 0.5) is 0 Å². The molecule has 0 aliphatic heterocycles. The summed E-state index contributed by atoms with van der Waals surface area (Å²) >= 11 is 0. The lowest BCUT2D eigenvalue weighted by molar-refractivity contribution is 0.329. The minimum absolute atomic E-state index is 0.876. The van der Waals surface area contributed by atoms with E-state index in [4.69, 9.17) is 4.74 Å². The summed E-state index contributed by atoms with van der Waals surface area (Å²) in [7, 11) is 1.74. The van der Waals surface area contributed by atoms with Gasteiger partial charge in [-0.3, -0.25) is 0 Å². The summed E-state index contributed by atoms with van der Waals surface area (Å²) in [6.45, 7) is 4.58. The zero-order valence-electron chi connectivity index (χ0n) is 8.21. The first-order valence-corrected chi connectivity index (χ1v) is 4.93. The molecule has 2 rings (SSSR count). The van der Waals surface area contributed by atoms with Crippen LogP contribution in [0.2, 0.25) is 0 Å². The van der Waals surface area contributed by atoms with Crippen LogP contribution in [0.5, 0.6) is 0 Å². The third-order valence-corrected chi connectivity index (χ3v) is 3.51. The molecule has 2 fully saturated rings. The molecule has 0 aromatic rings. The van der Waals surface area contributed by atoms with Crippen molar-refractivity contribution in [2.24, 2.45) is 23.7 Å². The Bertz CT molecular complexity index is 195. The molecule has 0 radical (unpaired) electrons. The molecule has 0 heterocycles. The normalized spacial score (nSPS) is 45.8. The van der Waals surface area contributed by atoms with Gasteiger partial charge >= 0.3 is 0 Å². The van der Waals surface area contributed by atoms with Gasteiger partial charge in [-0.15, -0.1) is 0 Å². The van der Waals surface area contributed by atoms with Gasteiger partial charge < -0.3 is 4.74 Å². The monoisotopic (exact) mass is 166 g/mol. The van der Waals surface area contributed by atoms with Crippen LogP contribution < -0.4 is 0 Å². The number of fused-ring (bicyclic) bond motifs is 1. The van der Waals surface area contributed by atoms with Gasteiger partial charge in [0.1, 0.15) is 0 Å². The van der Waals surface area contributed by atoms with Gasteiger partial charge in [0.05, 0.1) is 13.4 Å². The van der Waals surface area contributed by atoms with Crippen LogP contribution >= 0.6 is 0 Å². The van der Waals surface area contributed by atoms with E-state index in [0.717, 1.165) is 23.7 Å². The van der Waals surface area contributed by atoms with Crippen molar-refractivity contribution in [3.05, 3.63) is 11.8 Å². The van der Waals surface area contributed by atoms with E-state index in [1.165, 1.54) is 18.4 Å². The SMILES string of the molecule is CO/C=C(\C)C1[C@H]2CC(C)C[C@@H]12. The zero-order chi connectivity index (χ0) is 8.72. The number of methoxy groups -OCH3 is 1. The topological polar surface area (TPSA) is 9.23 Å². The Balaban J connectivity index is 1.93. The van der Waals surface area contributed by atoms with Crippen molar-refractivity contribution in [2.45, 2.75) is 26.7 Å². The fourth-order valence-electron chi connectivity index (χ4n) is 3.05. The second kappa shape index (κ2) is 2.79. The third kappa shape index (κ3) is 1.16. The minimum Gasteiger partial charge on any atom is -0.504 e. The highest BCUT2D eigenvalue weighted by Crippen LogP contribution is 2.62. The molecule has 12 heavy (non-hydrogen) atoms. The molecule has 0 spiro atoms. The van der Waals surface area contributed by atoms with Crippen LogP contribution in [0.15, 0.2) is 11.8 Å². The van der Waals surface area contributed by atoms with Crippen molar-refractivity contribution in [3.63, 3.8) is 0 Å². The third-order valence-electron chi connectivity index (χ3n) is 3.51. The minimum atomic E-state index is 0.876. The number of ether oxygens (including phenoxy) is 1. The highest BCUT2D eigenvalue weighted by atomic mass is 16.5. The van der Waals surface area contributed by atoms with Gasteiger partial charge in [-0.1, -0.05) is 6.92 Å².